The maximum atomic E-state index is 6.07. The van der Waals surface area contributed by atoms with Crippen molar-refractivity contribution >= 4 is 28.8 Å². The lowest BCUT2D eigenvalue weighted by atomic mass is 10.2. The summed E-state index contributed by atoms with van der Waals surface area (Å²) in [7, 11) is 0. The van der Waals surface area contributed by atoms with Crippen LogP contribution in [0.5, 0.6) is 0 Å². The molecule has 2 aromatic heterocycles. The Morgan fingerprint density at radius 3 is 3.13 bits per heavy atom. The highest BCUT2D eigenvalue weighted by molar-refractivity contribution is 6.36. The van der Waals surface area contributed by atoms with E-state index in [2.05, 4.69) is 4.98 Å². The van der Waals surface area contributed by atoms with E-state index < -0.39 is 0 Å². The van der Waals surface area contributed by atoms with Gasteiger partial charge in [-0.3, -0.25) is 4.40 Å². The van der Waals surface area contributed by atoms with Gasteiger partial charge >= 0.3 is 0 Å². The summed E-state index contributed by atoms with van der Waals surface area (Å²) in [6, 6.07) is 1.71. The van der Waals surface area contributed by atoms with Gasteiger partial charge in [0.25, 0.3) is 0 Å². The number of rotatable bonds is 0. The Morgan fingerprint density at radius 2 is 2.27 bits per heavy atom. The molecule has 78 valence electrons. The van der Waals surface area contributed by atoms with Crippen LogP contribution in [0.2, 0.25) is 10.0 Å². The van der Waals surface area contributed by atoms with E-state index in [0.29, 0.717) is 16.7 Å². The predicted molar refractivity (Wildman–Crippen MR) is 58.6 cm³/mol. The van der Waals surface area contributed by atoms with Crippen molar-refractivity contribution < 1.29 is 4.74 Å². The molecule has 2 aromatic rings. The SMILES string of the molecule is Clc1cc(Cl)c2nc3c(n2c1)COCC3. The highest BCUT2D eigenvalue weighted by Crippen LogP contribution is 2.26. The second-order valence-electron chi connectivity index (χ2n) is 3.51. The van der Waals surface area contributed by atoms with Gasteiger partial charge in [0.1, 0.15) is 0 Å². The molecule has 0 atom stereocenters. The molecule has 0 bridgehead atoms. The third-order valence-electron chi connectivity index (χ3n) is 2.55. The third kappa shape index (κ3) is 1.42. The molecule has 15 heavy (non-hydrogen) atoms. The fourth-order valence-corrected chi connectivity index (χ4v) is 2.37. The van der Waals surface area contributed by atoms with Crippen molar-refractivity contribution in [2.24, 2.45) is 0 Å². The van der Waals surface area contributed by atoms with Gasteiger partial charge in [-0.1, -0.05) is 23.2 Å². The summed E-state index contributed by atoms with van der Waals surface area (Å²) in [4.78, 5) is 4.49. The van der Waals surface area contributed by atoms with E-state index in [9.17, 15) is 0 Å². The molecular weight excluding hydrogens is 235 g/mol. The molecule has 0 aliphatic carbocycles. The molecule has 0 radical (unpaired) electrons. The number of aromatic nitrogens is 2. The van der Waals surface area contributed by atoms with Gasteiger partial charge in [-0.2, -0.15) is 0 Å². The molecule has 0 aromatic carbocycles. The lowest BCUT2D eigenvalue weighted by Gasteiger charge is -2.11. The van der Waals surface area contributed by atoms with Crippen molar-refractivity contribution in [3.63, 3.8) is 0 Å². The average Bonchev–Trinajstić information content (AvgIpc) is 2.57. The average molecular weight is 243 g/mol. The Bertz CT molecular complexity index is 536. The minimum atomic E-state index is 0.577. The summed E-state index contributed by atoms with van der Waals surface area (Å²) in [6.07, 6.45) is 2.66. The van der Waals surface area contributed by atoms with Gasteiger partial charge in [-0.15, -0.1) is 0 Å². The molecule has 0 spiro atoms. The first-order valence-electron chi connectivity index (χ1n) is 4.68. The normalized spacial score (nSPS) is 15.6. The maximum absolute atomic E-state index is 6.07. The van der Waals surface area contributed by atoms with Gasteiger partial charge in [0.2, 0.25) is 0 Å². The lowest BCUT2D eigenvalue weighted by molar-refractivity contribution is 0.106. The second-order valence-corrected chi connectivity index (χ2v) is 4.35. The van der Waals surface area contributed by atoms with E-state index >= 15 is 0 Å². The van der Waals surface area contributed by atoms with Crippen molar-refractivity contribution in [3.05, 3.63) is 33.7 Å². The van der Waals surface area contributed by atoms with E-state index in [4.69, 9.17) is 27.9 Å². The highest BCUT2D eigenvalue weighted by Gasteiger charge is 2.18. The van der Waals surface area contributed by atoms with Crippen LogP contribution < -0.4 is 0 Å². The maximum Gasteiger partial charge on any atom is 0.156 e. The fourth-order valence-electron chi connectivity index (χ4n) is 1.86. The Morgan fingerprint density at radius 1 is 1.40 bits per heavy atom. The number of pyridine rings is 1. The molecule has 0 saturated heterocycles. The molecule has 1 aliphatic rings. The Kier molecular flexibility index (Phi) is 2.12. The quantitative estimate of drug-likeness (QED) is 0.711. The van der Waals surface area contributed by atoms with E-state index in [0.717, 1.165) is 30.1 Å². The minimum Gasteiger partial charge on any atom is -0.375 e. The topological polar surface area (TPSA) is 26.5 Å². The molecular formula is C10H8Cl2N2O. The van der Waals surface area contributed by atoms with Crippen molar-refractivity contribution in [2.75, 3.05) is 6.61 Å². The monoisotopic (exact) mass is 242 g/mol. The zero-order valence-electron chi connectivity index (χ0n) is 7.83. The zero-order valence-corrected chi connectivity index (χ0v) is 9.35. The molecule has 3 nitrogen and oxygen atoms in total. The van der Waals surface area contributed by atoms with Crippen molar-refractivity contribution in [2.45, 2.75) is 13.0 Å². The second kappa shape index (κ2) is 3.37. The molecule has 0 unspecified atom stereocenters. The number of hydrogen-bond donors (Lipinski definition) is 0. The van der Waals surface area contributed by atoms with E-state index in [1.165, 1.54) is 0 Å². The molecule has 3 heterocycles. The molecule has 0 fully saturated rings. The van der Waals surface area contributed by atoms with Crippen LogP contribution in [0.3, 0.4) is 0 Å². The largest absolute Gasteiger partial charge is 0.375 e. The van der Waals surface area contributed by atoms with E-state index in [1.807, 2.05) is 10.6 Å². The van der Waals surface area contributed by atoms with Crippen LogP contribution in [0.4, 0.5) is 0 Å². The standard InChI is InChI=1S/C10H8Cl2N2O/c11-6-3-7(12)10-13-8-1-2-15-5-9(8)14(10)4-6/h3-4H,1-2,5H2. The number of halogens is 2. The van der Waals surface area contributed by atoms with E-state index in [-0.39, 0.29) is 0 Å². The predicted octanol–water partition coefficient (Wildman–Crippen LogP) is 2.71. The molecule has 0 amide bonds. The van der Waals surface area contributed by atoms with Gasteiger partial charge in [0, 0.05) is 12.6 Å². The molecule has 3 rings (SSSR count). The number of imidazole rings is 1. The number of ether oxygens (including phenoxy) is 1. The van der Waals surface area contributed by atoms with Crippen LogP contribution in [0.1, 0.15) is 11.4 Å². The van der Waals surface area contributed by atoms with Gasteiger partial charge < -0.3 is 4.74 Å². The zero-order chi connectivity index (χ0) is 10.4. The lowest BCUT2D eigenvalue weighted by Crippen LogP contribution is -2.10. The molecule has 0 saturated carbocycles. The van der Waals surface area contributed by atoms with Gasteiger partial charge in [-0.05, 0) is 6.07 Å². The van der Waals surface area contributed by atoms with Gasteiger partial charge in [0.15, 0.2) is 5.65 Å². The molecule has 5 heteroatoms. The van der Waals surface area contributed by atoms with Crippen molar-refractivity contribution in [1.82, 2.24) is 9.38 Å². The van der Waals surface area contributed by atoms with Crippen molar-refractivity contribution in [1.29, 1.82) is 0 Å². The van der Waals surface area contributed by atoms with Gasteiger partial charge in [0.05, 0.1) is 34.6 Å². The molecule has 1 aliphatic heterocycles. The fraction of sp³-hybridized carbons (Fsp3) is 0.300. The first kappa shape index (κ1) is 9.46. The summed E-state index contributed by atoms with van der Waals surface area (Å²) >= 11 is 12.0. The molecule has 0 N–H and O–H groups in total. The Balaban J connectivity index is 2.37. The van der Waals surface area contributed by atoms with Crippen LogP contribution in [-0.2, 0) is 17.8 Å². The number of hydrogen-bond acceptors (Lipinski definition) is 2. The van der Waals surface area contributed by atoms with Crippen LogP contribution in [0.15, 0.2) is 12.3 Å². The smallest absolute Gasteiger partial charge is 0.156 e. The Labute approximate surface area is 96.6 Å². The number of fused-ring (bicyclic) bond motifs is 3. The van der Waals surface area contributed by atoms with Crippen LogP contribution in [-0.4, -0.2) is 16.0 Å². The summed E-state index contributed by atoms with van der Waals surface area (Å²) < 4.78 is 7.31. The minimum absolute atomic E-state index is 0.577. The number of nitrogens with zero attached hydrogens (tertiary/aromatic N) is 2. The van der Waals surface area contributed by atoms with Crippen LogP contribution >= 0.6 is 23.2 Å². The van der Waals surface area contributed by atoms with Crippen LogP contribution in [0.25, 0.3) is 5.65 Å². The Hall–Kier alpha value is -0.770. The highest BCUT2D eigenvalue weighted by atomic mass is 35.5. The van der Waals surface area contributed by atoms with Crippen LogP contribution in [0, 0.1) is 0 Å². The van der Waals surface area contributed by atoms with Gasteiger partial charge in [-0.25, -0.2) is 4.98 Å². The third-order valence-corrected chi connectivity index (χ3v) is 3.03. The van der Waals surface area contributed by atoms with E-state index in [1.54, 1.807) is 6.07 Å². The summed E-state index contributed by atoms with van der Waals surface area (Å²) in [5, 5.41) is 1.19. The summed E-state index contributed by atoms with van der Waals surface area (Å²) in [5.41, 5.74) is 2.88. The van der Waals surface area contributed by atoms with Crippen molar-refractivity contribution in [3.8, 4) is 0 Å². The first-order chi connectivity index (χ1) is 7.25. The summed E-state index contributed by atoms with van der Waals surface area (Å²) in [6.45, 7) is 1.30. The first-order valence-corrected chi connectivity index (χ1v) is 5.44. The summed E-state index contributed by atoms with van der Waals surface area (Å²) in [5.74, 6) is 0.